The molecule has 172 valence electrons. The van der Waals surface area contributed by atoms with E-state index in [0.717, 1.165) is 44.9 Å². The van der Waals surface area contributed by atoms with Crippen molar-refractivity contribution >= 4 is 11.6 Å². The molecule has 4 nitrogen and oxygen atoms in total. The van der Waals surface area contributed by atoms with Crippen LogP contribution < -0.4 is 9.47 Å². The Kier molecular flexibility index (Phi) is 5.03. The Balaban J connectivity index is 1.39. The van der Waals surface area contributed by atoms with Crippen LogP contribution in [0.15, 0.2) is 84.9 Å². The minimum atomic E-state index is -0.295. The first-order chi connectivity index (χ1) is 17.1. The summed E-state index contributed by atoms with van der Waals surface area (Å²) in [6.07, 6.45) is 0.543. The van der Waals surface area contributed by atoms with Crippen molar-refractivity contribution in [2.75, 3.05) is 14.2 Å². The van der Waals surface area contributed by atoms with E-state index in [0.29, 0.717) is 17.5 Å². The van der Waals surface area contributed by atoms with Gasteiger partial charge in [-0.3, -0.25) is 9.59 Å². The zero-order valence-corrected chi connectivity index (χ0v) is 19.6. The standard InChI is InChI=1S/C31H24O4/c1-34-22-9-3-18(4-10-22)20-7-13-24-26(15-20)30(32)29-17-28(24)31(33)27-16-21(8-14-25(27)29)19-5-11-23(35-2)12-6-19/h3-16,28-29H,17H2,1-2H3/t28-,29-/m1/s1. The molecule has 0 saturated carbocycles. The maximum absolute atomic E-state index is 13.7. The zero-order chi connectivity index (χ0) is 24.1. The van der Waals surface area contributed by atoms with Crippen LogP contribution in [0.25, 0.3) is 22.3 Å². The number of carbonyl (C=O) groups excluding carboxylic acids is 2. The Morgan fingerprint density at radius 3 is 1.29 bits per heavy atom. The van der Waals surface area contributed by atoms with E-state index in [9.17, 15) is 9.59 Å². The molecule has 0 spiro atoms. The fraction of sp³-hybridized carbons (Fsp3) is 0.161. The molecule has 0 fully saturated rings. The van der Waals surface area contributed by atoms with Crippen molar-refractivity contribution in [3.8, 4) is 33.8 Å². The summed E-state index contributed by atoms with van der Waals surface area (Å²) in [6.45, 7) is 0. The number of hydrogen-bond acceptors (Lipinski definition) is 4. The number of ketones is 2. The molecule has 2 aliphatic carbocycles. The van der Waals surface area contributed by atoms with Crippen LogP contribution in [-0.2, 0) is 0 Å². The van der Waals surface area contributed by atoms with Crippen LogP contribution in [-0.4, -0.2) is 25.8 Å². The Morgan fingerprint density at radius 1 is 0.543 bits per heavy atom. The van der Waals surface area contributed by atoms with Crippen LogP contribution in [0.2, 0.25) is 0 Å². The van der Waals surface area contributed by atoms with E-state index >= 15 is 0 Å². The number of Topliss-reactive ketones (excluding diaryl/α,β-unsaturated/α-hetero) is 2. The predicted molar refractivity (Wildman–Crippen MR) is 136 cm³/mol. The smallest absolute Gasteiger partial charge is 0.170 e. The van der Waals surface area contributed by atoms with Crippen molar-refractivity contribution in [2.24, 2.45) is 0 Å². The monoisotopic (exact) mass is 460 g/mol. The third-order valence-corrected chi connectivity index (χ3v) is 7.34. The van der Waals surface area contributed by atoms with E-state index in [2.05, 4.69) is 0 Å². The van der Waals surface area contributed by atoms with Crippen LogP contribution in [0.1, 0.15) is 50.1 Å². The van der Waals surface area contributed by atoms with Crippen LogP contribution in [0, 0.1) is 0 Å². The first-order valence-electron chi connectivity index (χ1n) is 11.7. The second-order valence-electron chi connectivity index (χ2n) is 9.13. The van der Waals surface area contributed by atoms with Gasteiger partial charge in [0.1, 0.15) is 11.5 Å². The quantitative estimate of drug-likeness (QED) is 0.341. The SMILES string of the molecule is COc1ccc(-c2ccc3c(c2)C(=O)[C@@H]2C[C@H]3C(=O)c3cc(-c4ccc(OC)cc4)ccc32)cc1. The van der Waals surface area contributed by atoms with Crippen molar-refractivity contribution in [2.45, 2.75) is 18.3 Å². The zero-order valence-electron chi connectivity index (χ0n) is 19.6. The number of hydrogen-bond donors (Lipinski definition) is 0. The normalized spacial score (nSPS) is 18.0. The molecular weight excluding hydrogens is 436 g/mol. The van der Waals surface area contributed by atoms with Gasteiger partial charge in [0.2, 0.25) is 0 Å². The van der Waals surface area contributed by atoms with E-state index < -0.39 is 0 Å². The molecule has 6 rings (SSSR count). The summed E-state index contributed by atoms with van der Waals surface area (Å²) in [5, 5.41) is 0. The van der Waals surface area contributed by atoms with E-state index in [1.54, 1.807) is 14.2 Å². The maximum atomic E-state index is 13.7. The van der Waals surface area contributed by atoms with E-state index in [-0.39, 0.29) is 23.4 Å². The van der Waals surface area contributed by atoms with Crippen LogP contribution >= 0.6 is 0 Å². The van der Waals surface area contributed by atoms with Gasteiger partial charge in [0, 0.05) is 23.0 Å². The highest BCUT2D eigenvalue weighted by atomic mass is 16.5. The Morgan fingerprint density at radius 2 is 0.914 bits per heavy atom. The lowest BCUT2D eigenvalue weighted by Gasteiger charge is -2.36. The Labute approximate surface area is 204 Å². The molecule has 2 aliphatic rings. The molecule has 0 amide bonds. The lowest BCUT2D eigenvalue weighted by molar-refractivity contribution is 0.0875. The van der Waals surface area contributed by atoms with Gasteiger partial charge >= 0.3 is 0 Å². The van der Waals surface area contributed by atoms with Gasteiger partial charge in [-0.2, -0.15) is 0 Å². The topological polar surface area (TPSA) is 52.6 Å². The van der Waals surface area contributed by atoms with Crippen LogP contribution in [0.4, 0.5) is 0 Å². The predicted octanol–water partition coefficient (Wildman–Crippen LogP) is 6.69. The first kappa shape index (κ1) is 21.4. The highest BCUT2D eigenvalue weighted by Crippen LogP contribution is 2.48. The molecule has 0 heterocycles. The van der Waals surface area contributed by atoms with E-state index in [4.69, 9.17) is 9.47 Å². The van der Waals surface area contributed by atoms with Gasteiger partial charge in [0.15, 0.2) is 11.6 Å². The second-order valence-corrected chi connectivity index (χ2v) is 9.13. The molecule has 0 aliphatic heterocycles. The van der Waals surface area contributed by atoms with Crippen LogP contribution in [0.3, 0.4) is 0 Å². The minimum Gasteiger partial charge on any atom is -0.497 e. The molecular formula is C31H24O4. The molecule has 0 unspecified atom stereocenters. The van der Waals surface area contributed by atoms with Gasteiger partial charge in [0.25, 0.3) is 0 Å². The van der Waals surface area contributed by atoms with Crippen LogP contribution in [0.5, 0.6) is 11.5 Å². The number of benzene rings is 4. The summed E-state index contributed by atoms with van der Waals surface area (Å²) < 4.78 is 10.5. The molecule has 0 N–H and O–H groups in total. The lowest BCUT2D eigenvalue weighted by Crippen LogP contribution is -2.34. The van der Waals surface area contributed by atoms with Crippen molar-refractivity contribution < 1.29 is 19.1 Å². The number of carbonyl (C=O) groups is 2. The van der Waals surface area contributed by atoms with Gasteiger partial charge in [-0.25, -0.2) is 0 Å². The molecule has 35 heavy (non-hydrogen) atoms. The molecule has 4 aromatic rings. The van der Waals surface area contributed by atoms with Gasteiger partial charge < -0.3 is 9.47 Å². The molecule has 2 atom stereocenters. The summed E-state index contributed by atoms with van der Waals surface area (Å²) >= 11 is 0. The second kappa shape index (κ2) is 8.24. The summed E-state index contributed by atoms with van der Waals surface area (Å²) in [5.41, 5.74) is 6.95. The van der Waals surface area contributed by atoms with Crippen molar-refractivity contribution in [1.82, 2.24) is 0 Å². The maximum Gasteiger partial charge on any atom is 0.170 e. The van der Waals surface area contributed by atoms with Gasteiger partial charge in [-0.1, -0.05) is 48.5 Å². The molecule has 2 bridgehead atoms. The molecule has 0 aromatic heterocycles. The highest BCUT2D eigenvalue weighted by Gasteiger charge is 2.44. The van der Waals surface area contributed by atoms with Gasteiger partial charge in [-0.05, 0) is 76.2 Å². The largest absolute Gasteiger partial charge is 0.497 e. The molecule has 4 aromatic carbocycles. The number of fused-ring (bicyclic) bond motifs is 6. The van der Waals surface area contributed by atoms with E-state index in [1.807, 2.05) is 84.9 Å². The Bertz CT molecular complexity index is 1350. The fourth-order valence-electron chi connectivity index (χ4n) is 5.43. The fourth-order valence-corrected chi connectivity index (χ4v) is 5.43. The average Bonchev–Trinajstić information content (AvgIpc) is 2.92. The van der Waals surface area contributed by atoms with E-state index in [1.165, 1.54) is 0 Å². The number of ether oxygens (including phenoxy) is 2. The van der Waals surface area contributed by atoms with Gasteiger partial charge in [0.05, 0.1) is 14.2 Å². The lowest BCUT2D eigenvalue weighted by atomic mass is 9.65. The minimum absolute atomic E-state index is 0.0950. The number of rotatable bonds is 4. The first-order valence-corrected chi connectivity index (χ1v) is 11.7. The third-order valence-electron chi connectivity index (χ3n) is 7.34. The summed E-state index contributed by atoms with van der Waals surface area (Å²) in [6, 6.07) is 27.4. The molecule has 0 saturated heterocycles. The summed E-state index contributed by atoms with van der Waals surface area (Å²) in [7, 11) is 3.28. The highest BCUT2D eigenvalue weighted by molar-refractivity contribution is 6.14. The third kappa shape index (κ3) is 3.45. The number of methoxy groups -OCH3 is 2. The summed E-state index contributed by atoms with van der Waals surface area (Å²) in [4.78, 5) is 27.3. The van der Waals surface area contributed by atoms with Crippen molar-refractivity contribution in [1.29, 1.82) is 0 Å². The summed E-state index contributed by atoms with van der Waals surface area (Å²) in [5.74, 6) is 1.17. The molecule has 4 heteroatoms. The van der Waals surface area contributed by atoms with Crippen molar-refractivity contribution in [3.63, 3.8) is 0 Å². The Hall–Kier alpha value is -4.18. The van der Waals surface area contributed by atoms with Gasteiger partial charge in [-0.15, -0.1) is 0 Å². The average molecular weight is 461 g/mol. The van der Waals surface area contributed by atoms with Crippen molar-refractivity contribution in [3.05, 3.63) is 107 Å². The molecule has 0 radical (unpaired) electrons.